The largest absolute Gasteiger partial charge is 0.496 e. The Hall–Kier alpha value is -3.86. The van der Waals surface area contributed by atoms with Gasteiger partial charge in [-0.25, -0.2) is 9.69 Å². The molecule has 0 bridgehead atoms. The first-order chi connectivity index (χ1) is 14.2. The van der Waals surface area contributed by atoms with Crippen molar-refractivity contribution in [2.45, 2.75) is 6.04 Å². The standard InChI is InChI=1S/C18H14ClN5O6/c1-22-16(25)15(17(26)23(18(22)27)11-5-3-4-10(19)8-11)21-20-13-7-6-12(30-2)9-14(13)24(28)29/h3-9,15H,1-2H3. The van der Waals surface area contributed by atoms with Gasteiger partial charge in [0.1, 0.15) is 5.75 Å². The third-order valence-electron chi connectivity index (χ3n) is 4.22. The van der Waals surface area contributed by atoms with Gasteiger partial charge in [-0.05, 0) is 30.3 Å². The molecule has 154 valence electrons. The smallest absolute Gasteiger partial charge is 0.337 e. The number of hydrogen-bond donors (Lipinski definition) is 0. The van der Waals surface area contributed by atoms with Gasteiger partial charge in [0.05, 0.1) is 23.8 Å². The average molecular weight is 432 g/mol. The summed E-state index contributed by atoms with van der Waals surface area (Å²) in [6, 6.07) is 7.17. The van der Waals surface area contributed by atoms with Gasteiger partial charge in [0.25, 0.3) is 17.5 Å². The second-order valence-corrected chi connectivity index (χ2v) is 6.50. The summed E-state index contributed by atoms with van der Waals surface area (Å²) in [6.07, 6.45) is 0. The van der Waals surface area contributed by atoms with Crippen LogP contribution in [-0.4, -0.2) is 47.9 Å². The number of ether oxygens (including phenoxy) is 1. The molecule has 0 N–H and O–H groups in total. The van der Waals surface area contributed by atoms with Crippen molar-refractivity contribution in [3.8, 4) is 5.75 Å². The summed E-state index contributed by atoms with van der Waals surface area (Å²) >= 11 is 5.93. The molecule has 1 atom stereocenters. The van der Waals surface area contributed by atoms with E-state index in [-0.39, 0.29) is 22.1 Å². The van der Waals surface area contributed by atoms with Crippen LogP contribution in [-0.2, 0) is 9.59 Å². The highest BCUT2D eigenvalue weighted by molar-refractivity contribution is 6.32. The summed E-state index contributed by atoms with van der Waals surface area (Å²) in [4.78, 5) is 49.8. The Morgan fingerprint density at radius 3 is 2.50 bits per heavy atom. The Morgan fingerprint density at radius 1 is 1.13 bits per heavy atom. The molecular formula is C18H14ClN5O6. The predicted octanol–water partition coefficient (Wildman–Crippen LogP) is 3.33. The first kappa shape index (κ1) is 20.9. The van der Waals surface area contributed by atoms with Gasteiger partial charge in [0.2, 0.25) is 6.04 Å². The molecule has 1 heterocycles. The average Bonchev–Trinajstić information content (AvgIpc) is 2.72. The van der Waals surface area contributed by atoms with E-state index < -0.39 is 34.5 Å². The van der Waals surface area contributed by atoms with Crippen LogP contribution in [0.1, 0.15) is 0 Å². The molecule has 3 rings (SSSR count). The maximum absolute atomic E-state index is 12.9. The van der Waals surface area contributed by atoms with E-state index in [1.54, 1.807) is 6.07 Å². The molecule has 1 saturated heterocycles. The van der Waals surface area contributed by atoms with Gasteiger partial charge in [-0.1, -0.05) is 17.7 Å². The molecule has 1 unspecified atom stereocenters. The number of carbonyl (C=O) groups excluding carboxylic acids is 3. The molecule has 1 aliphatic heterocycles. The van der Waals surface area contributed by atoms with Crippen LogP contribution in [0.5, 0.6) is 5.75 Å². The molecule has 0 aliphatic carbocycles. The molecule has 1 fully saturated rings. The van der Waals surface area contributed by atoms with Crippen molar-refractivity contribution in [2.24, 2.45) is 10.2 Å². The van der Waals surface area contributed by atoms with Gasteiger partial charge in [-0.2, -0.15) is 5.11 Å². The van der Waals surface area contributed by atoms with Crippen molar-refractivity contribution in [3.63, 3.8) is 0 Å². The fourth-order valence-electron chi connectivity index (χ4n) is 2.68. The molecule has 0 aromatic heterocycles. The van der Waals surface area contributed by atoms with Crippen LogP contribution in [0.25, 0.3) is 0 Å². The Labute approximate surface area is 174 Å². The number of methoxy groups -OCH3 is 1. The quantitative estimate of drug-likeness (QED) is 0.308. The minimum Gasteiger partial charge on any atom is -0.496 e. The van der Waals surface area contributed by atoms with E-state index in [0.717, 1.165) is 11.0 Å². The van der Waals surface area contributed by atoms with Gasteiger partial charge < -0.3 is 4.74 Å². The van der Waals surface area contributed by atoms with Crippen LogP contribution in [0.2, 0.25) is 5.02 Å². The zero-order chi connectivity index (χ0) is 22.0. The maximum atomic E-state index is 12.9. The fraction of sp³-hybridized carbons (Fsp3) is 0.167. The Bertz CT molecular complexity index is 1090. The first-order valence-electron chi connectivity index (χ1n) is 8.39. The number of imide groups is 2. The lowest BCUT2D eigenvalue weighted by atomic mass is 10.1. The van der Waals surface area contributed by atoms with Crippen molar-refractivity contribution >= 4 is 46.5 Å². The van der Waals surface area contributed by atoms with Crippen LogP contribution in [0.3, 0.4) is 0 Å². The van der Waals surface area contributed by atoms with E-state index in [1.807, 2.05) is 0 Å². The molecule has 12 heteroatoms. The van der Waals surface area contributed by atoms with Crippen LogP contribution >= 0.6 is 11.6 Å². The lowest BCUT2D eigenvalue weighted by molar-refractivity contribution is -0.384. The number of benzene rings is 2. The molecule has 0 radical (unpaired) electrons. The summed E-state index contributed by atoms with van der Waals surface area (Å²) in [5.41, 5.74) is -0.465. The lowest BCUT2D eigenvalue weighted by Crippen LogP contribution is -2.60. The number of nitro groups is 1. The van der Waals surface area contributed by atoms with Crippen LogP contribution in [0.4, 0.5) is 21.9 Å². The van der Waals surface area contributed by atoms with Crippen LogP contribution in [0, 0.1) is 10.1 Å². The molecule has 2 aromatic carbocycles. The van der Waals surface area contributed by atoms with Gasteiger partial charge in [0.15, 0.2) is 5.69 Å². The second-order valence-electron chi connectivity index (χ2n) is 6.06. The summed E-state index contributed by atoms with van der Waals surface area (Å²) in [6.45, 7) is 0. The van der Waals surface area contributed by atoms with E-state index in [4.69, 9.17) is 16.3 Å². The molecule has 2 aromatic rings. The lowest BCUT2D eigenvalue weighted by Gasteiger charge is -2.32. The highest BCUT2D eigenvalue weighted by Gasteiger charge is 2.45. The number of urea groups is 1. The number of amides is 4. The number of carbonyl (C=O) groups is 3. The topological polar surface area (TPSA) is 135 Å². The van der Waals surface area contributed by atoms with Gasteiger partial charge in [0, 0.05) is 12.1 Å². The zero-order valence-electron chi connectivity index (χ0n) is 15.7. The highest BCUT2D eigenvalue weighted by Crippen LogP contribution is 2.32. The van der Waals surface area contributed by atoms with Crippen molar-refractivity contribution in [1.29, 1.82) is 0 Å². The van der Waals surface area contributed by atoms with Crippen molar-refractivity contribution in [3.05, 3.63) is 57.6 Å². The number of anilines is 1. The number of likely N-dealkylation sites (N-methyl/N-ethyl adjacent to an activating group) is 1. The summed E-state index contributed by atoms with van der Waals surface area (Å²) < 4.78 is 4.94. The minimum atomic E-state index is -1.70. The van der Waals surface area contributed by atoms with E-state index >= 15 is 0 Å². The number of nitrogens with zero attached hydrogens (tertiary/aromatic N) is 5. The van der Waals surface area contributed by atoms with E-state index in [9.17, 15) is 24.5 Å². The summed E-state index contributed by atoms with van der Waals surface area (Å²) in [5, 5.41) is 19.0. The third kappa shape index (κ3) is 3.82. The highest BCUT2D eigenvalue weighted by atomic mass is 35.5. The van der Waals surface area contributed by atoms with Crippen molar-refractivity contribution in [1.82, 2.24) is 4.90 Å². The van der Waals surface area contributed by atoms with Crippen LogP contribution < -0.4 is 9.64 Å². The molecule has 0 spiro atoms. The maximum Gasteiger partial charge on any atom is 0.337 e. The SMILES string of the molecule is COc1ccc(N=NC2C(=O)N(C)C(=O)N(c3cccc(Cl)c3)C2=O)c([N+](=O)[O-])c1. The number of halogens is 1. The second kappa shape index (κ2) is 8.25. The van der Waals surface area contributed by atoms with E-state index in [2.05, 4.69) is 10.2 Å². The number of rotatable bonds is 5. The monoisotopic (exact) mass is 431 g/mol. The fourth-order valence-corrected chi connectivity index (χ4v) is 2.87. The Balaban J connectivity index is 1.99. The molecule has 11 nitrogen and oxygen atoms in total. The molecule has 0 saturated carbocycles. The van der Waals surface area contributed by atoms with Gasteiger partial charge >= 0.3 is 6.03 Å². The van der Waals surface area contributed by atoms with Gasteiger partial charge in [-0.3, -0.25) is 24.6 Å². The number of azo groups is 1. The van der Waals surface area contributed by atoms with Crippen molar-refractivity contribution in [2.75, 3.05) is 19.1 Å². The summed E-state index contributed by atoms with van der Waals surface area (Å²) in [5.74, 6) is -1.64. The van der Waals surface area contributed by atoms with Crippen molar-refractivity contribution < 1.29 is 24.0 Å². The third-order valence-corrected chi connectivity index (χ3v) is 4.46. The van der Waals surface area contributed by atoms with E-state index in [0.29, 0.717) is 4.90 Å². The minimum absolute atomic E-state index is 0.146. The Morgan fingerprint density at radius 2 is 1.87 bits per heavy atom. The number of hydrogen-bond acceptors (Lipinski definition) is 8. The van der Waals surface area contributed by atoms with Crippen LogP contribution in [0.15, 0.2) is 52.7 Å². The number of nitro benzene ring substituents is 1. The summed E-state index contributed by atoms with van der Waals surface area (Å²) in [7, 11) is 2.53. The van der Waals surface area contributed by atoms with Gasteiger partial charge in [-0.15, -0.1) is 5.11 Å². The molecular weight excluding hydrogens is 418 g/mol. The normalized spacial score (nSPS) is 17.0. The molecule has 1 aliphatic rings. The molecule has 4 amide bonds. The first-order valence-corrected chi connectivity index (χ1v) is 8.76. The predicted molar refractivity (Wildman–Crippen MR) is 105 cm³/mol. The molecule has 30 heavy (non-hydrogen) atoms. The zero-order valence-corrected chi connectivity index (χ0v) is 16.4. The number of barbiturate groups is 1. The Kier molecular flexibility index (Phi) is 5.74. The van der Waals surface area contributed by atoms with E-state index in [1.165, 1.54) is 44.5 Å².